The van der Waals surface area contributed by atoms with Crippen molar-refractivity contribution in [3.63, 3.8) is 0 Å². The lowest BCUT2D eigenvalue weighted by molar-refractivity contribution is 0.530. The normalized spacial score (nSPS) is 11.9. The van der Waals surface area contributed by atoms with E-state index in [0.29, 0.717) is 5.76 Å². The number of nitrogens with one attached hydrogen (secondary N) is 1. The summed E-state index contributed by atoms with van der Waals surface area (Å²) < 4.78 is 33.3. The Morgan fingerprint density at radius 3 is 2.48 bits per heavy atom. The zero-order chi connectivity index (χ0) is 14.9. The van der Waals surface area contributed by atoms with Crippen LogP contribution in [0, 0.1) is 0 Å². The van der Waals surface area contributed by atoms with Crippen LogP contribution in [-0.4, -0.2) is 8.42 Å². The monoisotopic (exact) mass is 365 g/mol. The van der Waals surface area contributed by atoms with Gasteiger partial charge in [-0.3, -0.25) is 0 Å². The second kappa shape index (κ2) is 5.63. The van der Waals surface area contributed by atoms with Crippen LogP contribution in [0.3, 0.4) is 0 Å². The van der Waals surface area contributed by atoms with Crippen molar-refractivity contribution in [1.29, 1.82) is 0 Å². The molecule has 1 N–H and O–H groups in total. The van der Waals surface area contributed by atoms with Gasteiger partial charge in [0.15, 0.2) is 0 Å². The van der Waals surface area contributed by atoms with Crippen LogP contribution in [0.1, 0.15) is 5.76 Å². The highest BCUT2D eigenvalue weighted by Crippen LogP contribution is 2.19. The van der Waals surface area contributed by atoms with Gasteiger partial charge in [-0.2, -0.15) is 0 Å². The average Bonchev–Trinajstić information content (AvgIpc) is 2.89. The number of hydrogen-bond acceptors (Lipinski definition) is 3. The Morgan fingerprint density at radius 1 is 1.05 bits per heavy atom. The van der Waals surface area contributed by atoms with Gasteiger partial charge in [0.2, 0.25) is 10.0 Å². The van der Waals surface area contributed by atoms with Gasteiger partial charge in [0.25, 0.3) is 0 Å². The molecule has 21 heavy (non-hydrogen) atoms. The van der Waals surface area contributed by atoms with E-state index in [-0.39, 0.29) is 11.4 Å². The number of rotatable bonds is 4. The predicted octanol–water partition coefficient (Wildman–Crippen LogP) is 3.67. The summed E-state index contributed by atoms with van der Waals surface area (Å²) in [6, 6.07) is 15.9. The van der Waals surface area contributed by atoms with Gasteiger partial charge in [-0.05, 0) is 36.4 Å². The standard InChI is InChI=1S/C15H12BrNO3S/c16-12-5-7-14(8-6-12)21(18,19)17-10-13-9-11-3-1-2-4-15(11)20-13/h1-9,17H,10H2. The maximum Gasteiger partial charge on any atom is 0.240 e. The zero-order valence-electron chi connectivity index (χ0n) is 10.9. The second-order valence-corrected chi connectivity index (χ2v) is 7.21. The maximum atomic E-state index is 12.2. The van der Waals surface area contributed by atoms with Crippen molar-refractivity contribution in [3.8, 4) is 0 Å². The first-order valence-corrected chi connectivity index (χ1v) is 8.55. The maximum absolute atomic E-state index is 12.2. The van der Waals surface area contributed by atoms with Crippen molar-refractivity contribution in [3.05, 3.63) is 64.8 Å². The number of benzene rings is 2. The molecule has 108 valence electrons. The van der Waals surface area contributed by atoms with Crippen molar-refractivity contribution in [2.75, 3.05) is 0 Å². The fraction of sp³-hybridized carbons (Fsp3) is 0.0667. The molecule has 0 fully saturated rings. The van der Waals surface area contributed by atoms with Crippen LogP contribution in [0.2, 0.25) is 0 Å². The van der Waals surface area contributed by atoms with E-state index in [2.05, 4.69) is 20.7 Å². The summed E-state index contributed by atoms with van der Waals surface area (Å²) in [5.41, 5.74) is 0.746. The van der Waals surface area contributed by atoms with Gasteiger partial charge in [-0.25, -0.2) is 13.1 Å². The van der Waals surface area contributed by atoms with Crippen LogP contribution in [-0.2, 0) is 16.6 Å². The Balaban J connectivity index is 1.78. The summed E-state index contributed by atoms with van der Waals surface area (Å²) in [4.78, 5) is 0.224. The van der Waals surface area contributed by atoms with E-state index in [9.17, 15) is 8.42 Å². The Morgan fingerprint density at radius 2 is 1.76 bits per heavy atom. The third-order valence-electron chi connectivity index (χ3n) is 3.04. The lowest BCUT2D eigenvalue weighted by Gasteiger charge is -2.05. The van der Waals surface area contributed by atoms with E-state index in [0.717, 1.165) is 15.4 Å². The predicted molar refractivity (Wildman–Crippen MR) is 84.4 cm³/mol. The first-order valence-electron chi connectivity index (χ1n) is 6.27. The molecular weight excluding hydrogens is 354 g/mol. The topological polar surface area (TPSA) is 59.3 Å². The minimum atomic E-state index is -3.54. The Hall–Kier alpha value is -1.63. The van der Waals surface area contributed by atoms with Gasteiger partial charge in [0.05, 0.1) is 11.4 Å². The van der Waals surface area contributed by atoms with E-state index in [1.165, 1.54) is 0 Å². The Labute approximate surface area is 131 Å². The van der Waals surface area contributed by atoms with Gasteiger partial charge < -0.3 is 4.42 Å². The summed E-state index contributed by atoms with van der Waals surface area (Å²) in [5.74, 6) is 0.580. The molecule has 0 aliphatic rings. The molecule has 0 aliphatic carbocycles. The summed E-state index contributed by atoms with van der Waals surface area (Å²) in [7, 11) is -3.54. The second-order valence-electron chi connectivity index (χ2n) is 4.53. The molecule has 0 amide bonds. The fourth-order valence-corrected chi connectivity index (χ4v) is 3.24. The summed E-state index contributed by atoms with van der Waals surface area (Å²) in [6.45, 7) is 0.118. The molecule has 3 aromatic rings. The fourth-order valence-electron chi connectivity index (χ4n) is 1.99. The third-order valence-corrected chi connectivity index (χ3v) is 4.98. The minimum absolute atomic E-state index is 0.118. The molecule has 0 saturated heterocycles. The molecule has 0 atom stereocenters. The van der Waals surface area contributed by atoms with Crippen LogP contribution in [0.5, 0.6) is 0 Å². The van der Waals surface area contributed by atoms with Gasteiger partial charge in [-0.1, -0.05) is 34.1 Å². The van der Waals surface area contributed by atoms with Crippen LogP contribution in [0.4, 0.5) is 0 Å². The zero-order valence-corrected chi connectivity index (χ0v) is 13.3. The molecular formula is C15H12BrNO3S. The van der Waals surface area contributed by atoms with E-state index in [4.69, 9.17) is 4.42 Å². The number of fused-ring (bicyclic) bond motifs is 1. The third kappa shape index (κ3) is 3.18. The highest BCUT2D eigenvalue weighted by atomic mass is 79.9. The summed E-state index contributed by atoms with van der Waals surface area (Å²) in [5, 5.41) is 0.954. The minimum Gasteiger partial charge on any atom is -0.460 e. The summed E-state index contributed by atoms with van der Waals surface area (Å²) in [6.07, 6.45) is 0. The van der Waals surface area contributed by atoms with Crippen molar-refractivity contribution >= 4 is 36.9 Å². The number of hydrogen-bond donors (Lipinski definition) is 1. The lowest BCUT2D eigenvalue weighted by atomic mass is 10.2. The highest BCUT2D eigenvalue weighted by molar-refractivity contribution is 9.10. The molecule has 4 nitrogen and oxygen atoms in total. The van der Waals surface area contributed by atoms with Crippen LogP contribution >= 0.6 is 15.9 Å². The van der Waals surface area contributed by atoms with Crippen LogP contribution < -0.4 is 4.72 Å². The average molecular weight is 366 g/mol. The van der Waals surface area contributed by atoms with Crippen LogP contribution in [0.25, 0.3) is 11.0 Å². The van der Waals surface area contributed by atoms with Gasteiger partial charge in [-0.15, -0.1) is 0 Å². The summed E-state index contributed by atoms with van der Waals surface area (Å²) >= 11 is 3.28. The molecule has 1 heterocycles. The molecule has 0 unspecified atom stereocenters. The number of halogens is 1. The lowest BCUT2D eigenvalue weighted by Crippen LogP contribution is -2.22. The number of para-hydroxylation sites is 1. The largest absolute Gasteiger partial charge is 0.460 e. The molecule has 0 saturated carbocycles. The van der Waals surface area contributed by atoms with E-state index in [1.54, 1.807) is 24.3 Å². The molecule has 1 aromatic heterocycles. The molecule has 6 heteroatoms. The Kier molecular flexibility index (Phi) is 3.84. The van der Waals surface area contributed by atoms with Crippen molar-refractivity contribution in [2.24, 2.45) is 0 Å². The van der Waals surface area contributed by atoms with E-state index >= 15 is 0 Å². The highest BCUT2D eigenvalue weighted by Gasteiger charge is 2.14. The van der Waals surface area contributed by atoms with Crippen LogP contribution in [0.15, 0.2) is 68.4 Å². The number of sulfonamides is 1. The van der Waals surface area contributed by atoms with Crippen molar-refractivity contribution in [2.45, 2.75) is 11.4 Å². The first kappa shape index (κ1) is 14.3. The first-order chi connectivity index (χ1) is 10.0. The van der Waals surface area contributed by atoms with E-state index < -0.39 is 10.0 Å². The molecule has 0 spiro atoms. The molecule has 0 radical (unpaired) electrons. The van der Waals surface area contributed by atoms with Gasteiger partial charge in [0.1, 0.15) is 11.3 Å². The molecule has 0 bridgehead atoms. The van der Waals surface area contributed by atoms with E-state index in [1.807, 2.05) is 30.3 Å². The smallest absolute Gasteiger partial charge is 0.240 e. The molecule has 2 aromatic carbocycles. The van der Waals surface area contributed by atoms with Crippen molar-refractivity contribution in [1.82, 2.24) is 4.72 Å². The Bertz CT molecular complexity index is 836. The molecule has 0 aliphatic heterocycles. The quantitative estimate of drug-likeness (QED) is 0.767. The molecule has 3 rings (SSSR count). The van der Waals surface area contributed by atoms with Crippen molar-refractivity contribution < 1.29 is 12.8 Å². The van der Waals surface area contributed by atoms with Gasteiger partial charge >= 0.3 is 0 Å². The number of furan rings is 1. The van der Waals surface area contributed by atoms with Gasteiger partial charge in [0, 0.05) is 9.86 Å². The SMILES string of the molecule is O=S(=O)(NCc1cc2ccccc2o1)c1ccc(Br)cc1.